The zero-order chi connectivity index (χ0) is 28.3. The highest BCUT2D eigenvalue weighted by atomic mass is 79.9. The number of rotatable bonds is 8. The summed E-state index contributed by atoms with van der Waals surface area (Å²) in [5, 5.41) is 4.15. The van der Waals surface area contributed by atoms with Gasteiger partial charge in [0.15, 0.2) is 0 Å². The van der Waals surface area contributed by atoms with Crippen molar-refractivity contribution in [2.75, 3.05) is 10.8 Å². The van der Waals surface area contributed by atoms with E-state index in [-0.39, 0.29) is 4.90 Å². The summed E-state index contributed by atoms with van der Waals surface area (Å²) in [5.41, 5.74) is 9.51. The highest BCUT2D eigenvalue weighted by molar-refractivity contribution is 9.10. The number of carbonyl (C=O) groups is 1. The number of nitrogens with one attached hydrogen (secondary N) is 1. The van der Waals surface area contributed by atoms with Gasteiger partial charge in [0.1, 0.15) is 6.54 Å². The number of carbonyl (C=O) groups excluding carboxylic acids is 1. The molecule has 9 heteroatoms. The van der Waals surface area contributed by atoms with Gasteiger partial charge in [-0.05, 0) is 100 Å². The predicted octanol–water partition coefficient (Wildman–Crippen LogP) is 6.13. The Morgan fingerprint density at radius 2 is 1.51 bits per heavy atom. The second kappa shape index (κ2) is 11.6. The Labute approximate surface area is 238 Å². The number of benzene rings is 3. The second-order valence-corrected chi connectivity index (χ2v) is 12.4. The van der Waals surface area contributed by atoms with E-state index in [0.29, 0.717) is 5.69 Å². The number of hydrazone groups is 1. The van der Waals surface area contributed by atoms with Gasteiger partial charge in [0, 0.05) is 27.1 Å². The van der Waals surface area contributed by atoms with Crippen LogP contribution in [-0.4, -0.2) is 31.7 Å². The number of aromatic nitrogens is 1. The van der Waals surface area contributed by atoms with E-state index in [1.54, 1.807) is 42.6 Å². The first-order valence-electron chi connectivity index (χ1n) is 12.4. The number of anilines is 1. The van der Waals surface area contributed by atoms with Gasteiger partial charge in [-0.2, -0.15) is 5.10 Å². The van der Waals surface area contributed by atoms with E-state index in [0.717, 1.165) is 48.1 Å². The molecule has 39 heavy (non-hydrogen) atoms. The van der Waals surface area contributed by atoms with Gasteiger partial charge in [0.25, 0.3) is 15.9 Å². The minimum absolute atomic E-state index is 0.115. The Kier molecular flexibility index (Phi) is 8.42. The third-order valence-corrected chi connectivity index (χ3v) is 8.66. The molecule has 202 valence electrons. The van der Waals surface area contributed by atoms with Crippen LogP contribution in [0.5, 0.6) is 0 Å². The van der Waals surface area contributed by atoms with Gasteiger partial charge >= 0.3 is 0 Å². The molecule has 1 N–H and O–H groups in total. The Morgan fingerprint density at radius 1 is 0.897 bits per heavy atom. The van der Waals surface area contributed by atoms with Gasteiger partial charge in [-0.15, -0.1) is 0 Å². The number of hydrogen-bond donors (Lipinski definition) is 1. The van der Waals surface area contributed by atoms with Crippen molar-refractivity contribution in [3.63, 3.8) is 0 Å². The van der Waals surface area contributed by atoms with E-state index in [4.69, 9.17) is 0 Å². The first kappa shape index (κ1) is 28.3. The monoisotopic (exact) mass is 606 g/mol. The standard InChI is InChI=1S/C30H31BrN4O3S/c1-20-6-12-29(13-7-20)39(37,38)34(28-15-21(2)14-22(3)16-28)19-30(36)33-32-18-25-17-23(4)35(24(25)5)27-10-8-26(31)9-11-27/h6-18H,19H2,1-5H3,(H,33,36)/b32-18-. The minimum atomic E-state index is -4.01. The molecule has 0 bridgehead atoms. The van der Waals surface area contributed by atoms with Gasteiger partial charge in [0.2, 0.25) is 0 Å². The maximum absolute atomic E-state index is 13.6. The molecule has 0 aliphatic carbocycles. The Balaban J connectivity index is 1.57. The summed E-state index contributed by atoms with van der Waals surface area (Å²) in [5.74, 6) is -0.553. The van der Waals surface area contributed by atoms with Gasteiger partial charge in [0.05, 0.1) is 16.8 Å². The van der Waals surface area contributed by atoms with E-state index < -0.39 is 22.5 Å². The van der Waals surface area contributed by atoms with Crippen LogP contribution in [0.15, 0.2) is 87.3 Å². The van der Waals surface area contributed by atoms with E-state index in [1.165, 1.54) is 0 Å². The molecule has 4 rings (SSSR count). The maximum Gasteiger partial charge on any atom is 0.264 e. The molecule has 4 aromatic rings. The van der Waals surface area contributed by atoms with Crippen molar-refractivity contribution in [3.8, 4) is 5.69 Å². The molecule has 0 fully saturated rings. The van der Waals surface area contributed by atoms with Gasteiger partial charge in [-0.3, -0.25) is 9.10 Å². The Hall–Kier alpha value is -3.69. The molecular formula is C30H31BrN4O3S. The number of amides is 1. The molecule has 0 spiro atoms. The lowest BCUT2D eigenvalue weighted by molar-refractivity contribution is -0.119. The summed E-state index contributed by atoms with van der Waals surface area (Å²) in [6, 6.07) is 22.0. The average molecular weight is 608 g/mol. The van der Waals surface area contributed by atoms with Crippen LogP contribution >= 0.6 is 15.9 Å². The van der Waals surface area contributed by atoms with Crippen LogP contribution < -0.4 is 9.73 Å². The third kappa shape index (κ3) is 6.49. The zero-order valence-electron chi connectivity index (χ0n) is 22.6. The van der Waals surface area contributed by atoms with Crippen LogP contribution in [0.3, 0.4) is 0 Å². The van der Waals surface area contributed by atoms with E-state index in [1.807, 2.05) is 71.0 Å². The summed E-state index contributed by atoms with van der Waals surface area (Å²) < 4.78 is 31.5. The molecule has 0 aliphatic rings. The summed E-state index contributed by atoms with van der Waals surface area (Å²) in [4.78, 5) is 13.1. The molecule has 7 nitrogen and oxygen atoms in total. The summed E-state index contributed by atoms with van der Waals surface area (Å²) in [6.45, 7) is 9.23. The molecule has 1 aromatic heterocycles. The smallest absolute Gasteiger partial charge is 0.264 e. The van der Waals surface area contributed by atoms with Crippen molar-refractivity contribution in [3.05, 3.63) is 111 Å². The number of nitrogens with zero attached hydrogens (tertiary/aromatic N) is 3. The minimum Gasteiger partial charge on any atom is -0.318 e. The van der Waals surface area contributed by atoms with E-state index in [2.05, 4.69) is 31.0 Å². The first-order chi connectivity index (χ1) is 18.5. The molecule has 0 atom stereocenters. The molecule has 3 aromatic carbocycles. The van der Waals surface area contributed by atoms with Crippen LogP contribution in [0.2, 0.25) is 0 Å². The fourth-order valence-electron chi connectivity index (χ4n) is 4.49. The largest absolute Gasteiger partial charge is 0.318 e. The summed E-state index contributed by atoms with van der Waals surface area (Å²) >= 11 is 3.46. The van der Waals surface area contributed by atoms with Crippen molar-refractivity contribution in [2.45, 2.75) is 39.5 Å². The van der Waals surface area contributed by atoms with Crippen LogP contribution in [0.4, 0.5) is 5.69 Å². The SMILES string of the molecule is Cc1ccc(S(=O)(=O)N(CC(=O)N/N=C\c2cc(C)n(-c3ccc(Br)cc3)c2C)c2cc(C)cc(C)c2)cc1. The van der Waals surface area contributed by atoms with Crippen molar-refractivity contribution in [1.82, 2.24) is 9.99 Å². The van der Waals surface area contributed by atoms with E-state index >= 15 is 0 Å². The molecular weight excluding hydrogens is 576 g/mol. The lowest BCUT2D eigenvalue weighted by Crippen LogP contribution is -2.39. The first-order valence-corrected chi connectivity index (χ1v) is 14.6. The van der Waals surface area contributed by atoms with Crippen LogP contribution in [0, 0.1) is 34.6 Å². The highest BCUT2D eigenvalue weighted by Crippen LogP contribution is 2.26. The van der Waals surface area contributed by atoms with Crippen LogP contribution in [0.1, 0.15) is 33.6 Å². The molecule has 1 amide bonds. The topological polar surface area (TPSA) is 83.8 Å². The molecule has 0 unspecified atom stereocenters. The molecule has 1 heterocycles. The number of aryl methyl sites for hydroxylation is 4. The lowest BCUT2D eigenvalue weighted by Gasteiger charge is -2.24. The second-order valence-electron chi connectivity index (χ2n) is 9.60. The van der Waals surface area contributed by atoms with E-state index in [9.17, 15) is 13.2 Å². The predicted molar refractivity (Wildman–Crippen MR) is 160 cm³/mol. The molecule has 0 saturated carbocycles. The lowest BCUT2D eigenvalue weighted by atomic mass is 10.1. The molecule has 0 saturated heterocycles. The van der Waals surface area contributed by atoms with Crippen LogP contribution in [-0.2, 0) is 14.8 Å². The zero-order valence-corrected chi connectivity index (χ0v) is 25.0. The van der Waals surface area contributed by atoms with Crippen molar-refractivity contribution < 1.29 is 13.2 Å². The van der Waals surface area contributed by atoms with Gasteiger partial charge in [-0.1, -0.05) is 39.7 Å². The third-order valence-electron chi connectivity index (χ3n) is 6.34. The Bertz CT molecular complexity index is 1620. The normalized spacial score (nSPS) is 11.6. The fraction of sp³-hybridized carbons (Fsp3) is 0.200. The molecule has 0 radical (unpaired) electrons. The number of halogens is 1. The van der Waals surface area contributed by atoms with Crippen molar-refractivity contribution >= 4 is 43.8 Å². The van der Waals surface area contributed by atoms with Gasteiger partial charge in [-0.25, -0.2) is 13.8 Å². The number of hydrogen-bond acceptors (Lipinski definition) is 4. The van der Waals surface area contributed by atoms with Crippen LogP contribution in [0.25, 0.3) is 5.69 Å². The maximum atomic E-state index is 13.6. The average Bonchev–Trinajstić information content (AvgIpc) is 3.15. The summed E-state index contributed by atoms with van der Waals surface area (Å²) in [7, 11) is -4.01. The van der Waals surface area contributed by atoms with Gasteiger partial charge < -0.3 is 4.57 Å². The van der Waals surface area contributed by atoms with Crippen molar-refractivity contribution in [2.24, 2.45) is 5.10 Å². The molecule has 0 aliphatic heterocycles. The van der Waals surface area contributed by atoms with Crippen molar-refractivity contribution in [1.29, 1.82) is 0 Å². The highest BCUT2D eigenvalue weighted by Gasteiger charge is 2.27. The Morgan fingerprint density at radius 3 is 2.13 bits per heavy atom. The quantitative estimate of drug-likeness (QED) is 0.193. The summed E-state index contributed by atoms with van der Waals surface area (Å²) in [6.07, 6.45) is 1.57. The fourth-order valence-corrected chi connectivity index (χ4v) is 6.16. The number of sulfonamides is 1.